The maximum atomic E-state index is 12.0. The molecule has 0 aromatic heterocycles. The predicted molar refractivity (Wildman–Crippen MR) is 246 cm³/mol. The Bertz CT molecular complexity index is 689. The molecule has 0 saturated heterocycles. The lowest BCUT2D eigenvalue weighted by atomic mass is 10.0. The van der Waals surface area contributed by atoms with Gasteiger partial charge in [0, 0.05) is 12.8 Å². The predicted octanol–water partition coefficient (Wildman–Crippen LogP) is 18.1. The minimum absolute atomic E-state index is 0.119. The van der Waals surface area contributed by atoms with Crippen LogP contribution in [0.5, 0.6) is 0 Å². The average molecular weight is 791 g/mol. The van der Waals surface area contributed by atoms with Crippen LogP contribution in [0, 0.1) is 0 Å². The van der Waals surface area contributed by atoms with Gasteiger partial charge >= 0.3 is 11.9 Å². The fourth-order valence-corrected chi connectivity index (χ4v) is 8.12. The first-order valence-electron chi connectivity index (χ1n) is 26.0. The van der Waals surface area contributed by atoms with Gasteiger partial charge in [-0.2, -0.15) is 0 Å². The van der Waals surface area contributed by atoms with Gasteiger partial charge in [-0.15, -0.1) is 0 Å². The number of esters is 2. The molecule has 4 heteroatoms. The third kappa shape index (κ3) is 49.1. The molecule has 0 heterocycles. The van der Waals surface area contributed by atoms with Crippen LogP contribution in [0.3, 0.4) is 0 Å². The van der Waals surface area contributed by atoms with Crippen LogP contribution in [-0.4, -0.2) is 25.2 Å². The molecule has 0 aliphatic carbocycles. The van der Waals surface area contributed by atoms with Crippen molar-refractivity contribution in [3.8, 4) is 0 Å². The van der Waals surface area contributed by atoms with E-state index < -0.39 is 0 Å². The van der Waals surface area contributed by atoms with Crippen molar-refractivity contribution in [2.24, 2.45) is 0 Å². The van der Waals surface area contributed by atoms with Crippen molar-refractivity contribution in [3.63, 3.8) is 0 Å². The Hall–Kier alpha value is -1.06. The first-order valence-corrected chi connectivity index (χ1v) is 26.0. The molecule has 0 atom stereocenters. The highest BCUT2D eigenvalue weighted by Crippen LogP contribution is 2.17. The molecule has 0 aromatic carbocycles. The molecule has 56 heavy (non-hydrogen) atoms. The van der Waals surface area contributed by atoms with E-state index in [1.165, 1.54) is 244 Å². The van der Waals surface area contributed by atoms with Crippen molar-refractivity contribution < 1.29 is 19.1 Å². The number of rotatable bonds is 49. The lowest BCUT2D eigenvalue weighted by Gasteiger charge is -2.06. The Kier molecular flexibility index (Phi) is 49.1. The largest absolute Gasteiger partial charge is 0.466 e. The Labute approximate surface area is 352 Å². The topological polar surface area (TPSA) is 52.6 Å². The van der Waals surface area contributed by atoms with Gasteiger partial charge in [0.15, 0.2) is 0 Å². The highest BCUT2D eigenvalue weighted by molar-refractivity contribution is 5.70. The zero-order valence-corrected chi connectivity index (χ0v) is 38.6. The molecule has 0 saturated carbocycles. The van der Waals surface area contributed by atoms with Gasteiger partial charge in [-0.3, -0.25) is 9.59 Å². The summed E-state index contributed by atoms with van der Waals surface area (Å²) in [4.78, 5) is 24.1. The maximum absolute atomic E-state index is 12.0. The molecule has 0 radical (unpaired) electrons. The van der Waals surface area contributed by atoms with Gasteiger partial charge in [0.25, 0.3) is 0 Å². The van der Waals surface area contributed by atoms with E-state index >= 15 is 0 Å². The van der Waals surface area contributed by atoms with Crippen molar-refractivity contribution >= 4 is 11.9 Å². The van der Waals surface area contributed by atoms with Crippen molar-refractivity contribution in [2.75, 3.05) is 13.2 Å². The minimum Gasteiger partial charge on any atom is -0.466 e. The fourth-order valence-electron chi connectivity index (χ4n) is 8.12. The smallest absolute Gasteiger partial charge is 0.305 e. The van der Waals surface area contributed by atoms with Crippen LogP contribution in [-0.2, 0) is 19.1 Å². The Morgan fingerprint density at radius 2 is 0.393 bits per heavy atom. The van der Waals surface area contributed by atoms with E-state index in [9.17, 15) is 9.59 Å². The molecule has 0 fully saturated rings. The highest BCUT2D eigenvalue weighted by Gasteiger charge is 2.07. The van der Waals surface area contributed by atoms with E-state index in [1.807, 2.05) is 0 Å². The normalized spacial score (nSPS) is 11.4. The van der Waals surface area contributed by atoms with Gasteiger partial charge in [-0.25, -0.2) is 0 Å². The van der Waals surface area contributed by atoms with E-state index in [0.29, 0.717) is 38.9 Å². The summed E-state index contributed by atoms with van der Waals surface area (Å²) < 4.78 is 10.8. The number of hydrogen-bond acceptors (Lipinski definition) is 4. The molecule has 0 aliphatic rings. The third-order valence-electron chi connectivity index (χ3n) is 12.0. The zero-order valence-electron chi connectivity index (χ0n) is 38.6. The molecule has 0 unspecified atom stereocenters. The Morgan fingerprint density at radius 1 is 0.232 bits per heavy atom. The number of ether oxygens (including phenoxy) is 2. The first-order chi connectivity index (χ1) is 27.7. The summed E-state index contributed by atoms with van der Waals surface area (Å²) in [6.45, 7) is 5.67. The van der Waals surface area contributed by atoms with E-state index in [0.717, 1.165) is 25.7 Å². The lowest BCUT2D eigenvalue weighted by molar-refractivity contribution is -0.146. The number of hydrogen-bond donors (Lipinski definition) is 0. The second-order valence-electron chi connectivity index (χ2n) is 17.8. The minimum atomic E-state index is -0.119. The number of carbonyl (C=O) groups is 2. The van der Waals surface area contributed by atoms with E-state index in [1.54, 1.807) is 0 Å². The zero-order chi connectivity index (χ0) is 40.5. The van der Waals surface area contributed by atoms with Crippen molar-refractivity contribution in [1.82, 2.24) is 0 Å². The quantitative estimate of drug-likeness (QED) is 0.0455. The molecule has 0 spiro atoms. The highest BCUT2D eigenvalue weighted by atomic mass is 16.5. The van der Waals surface area contributed by atoms with Crippen LogP contribution >= 0.6 is 0 Å². The number of carbonyl (C=O) groups excluding carboxylic acids is 2. The molecule has 0 aromatic rings. The van der Waals surface area contributed by atoms with Gasteiger partial charge in [0.1, 0.15) is 0 Å². The molecule has 0 aliphatic heterocycles. The van der Waals surface area contributed by atoms with E-state index in [4.69, 9.17) is 9.47 Å². The summed E-state index contributed by atoms with van der Waals surface area (Å²) in [5.74, 6) is -0.239. The fraction of sp³-hybridized carbons (Fsp3) is 0.962. The van der Waals surface area contributed by atoms with Gasteiger partial charge in [-0.05, 0) is 25.7 Å². The molecule has 334 valence electrons. The van der Waals surface area contributed by atoms with Crippen LogP contribution in [0.2, 0.25) is 0 Å². The summed E-state index contributed by atoms with van der Waals surface area (Å²) in [5.41, 5.74) is 0. The van der Waals surface area contributed by atoms with Crippen molar-refractivity contribution in [3.05, 3.63) is 0 Å². The van der Waals surface area contributed by atoms with Crippen LogP contribution in [0.1, 0.15) is 309 Å². The summed E-state index contributed by atoms with van der Waals surface area (Å²) in [6, 6.07) is 0. The first kappa shape index (κ1) is 54.9. The van der Waals surface area contributed by atoms with Crippen LogP contribution in [0.15, 0.2) is 0 Å². The Morgan fingerprint density at radius 3 is 0.571 bits per heavy atom. The van der Waals surface area contributed by atoms with E-state index in [2.05, 4.69) is 13.8 Å². The summed E-state index contributed by atoms with van der Waals surface area (Å²) in [7, 11) is 0. The van der Waals surface area contributed by atoms with Crippen LogP contribution < -0.4 is 0 Å². The monoisotopic (exact) mass is 791 g/mol. The Balaban J connectivity index is 3.23. The SMILES string of the molecule is CCCCCCCCCCCCCCCCCCCCCCCOC(=O)CCCCC(=O)OCCCCCCCCCCCCCCCCCCCCCCC. The van der Waals surface area contributed by atoms with Crippen molar-refractivity contribution in [2.45, 2.75) is 309 Å². The van der Waals surface area contributed by atoms with Gasteiger partial charge in [-0.1, -0.05) is 271 Å². The molecule has 0 rings (SSSR count). The molecular weight excluding hydrogens is 689 g/mol. The third-order valence-corrected chi connectivity index (χ3v) is 12.0. The van der Waals surface area contributed by atoms with Gasteiger partial charge < -0.3 is 9.47 Å². The molecule has 0 bridgehead atoms. The second-order valence-corrected chi connectivity index (χ2v) is 17.8. The average Bonchev–Trinajstić information content (AvgIpc) is 3.20. The molecule has 0 N–H and O–H groups in total. The molecule has 4 nitrogen and oxygen atoms in total. The van der Waals surface area contributed by atoms with E-state index in [-0.39, 0.29) is 11.9 Å². The second kappa shape index (κ2) is 50.1. The summed E-state index contributed by atoms with van der Waals surface area (Å²) in [6.07, 6.45) is 60.0. The van der Waals surface area contributed by atoms with Crippen LogP contribution in [0.4, 0.5) is 0 Å². The molecular formula is C52H102O4. The summed E-state index contributed by atoms with van der Waals surface area (Å²) in [5, 5.41) is 0. The van der Waals surface area contributed by atoms with Crippen LogP contribution in [0.25, 0.3) is 0 Å². The van der Waals surface area contributed by atoms with Crippen molar-refractivity contribution in [1.29, 1.82) is 0 Å². The van der Waals surface area contributed by atoms with Gasteiger partial charge in [0.05, 0.1) is 13.2 Å². The van der Waals surface area contributed by atoms with Gasteiger partial charge in [0.2, 0.25) is 0 Å². The number of unbranched alkanes of at least 4 members (excludes halogenated alkanes) is 41. The summed E-state index contributed by atoms with van der Waals surface area (Å²) >= 11 is 0. The molecule has 0 amide bonds. The standard InChI is InChI=1S/C52H102O4/c1-3-5-7-9-11-13-15-17-19-21-23-25-27-29-31-33-35-37-39-41-45-49-55-51(53)47-43-44-48-52(54)56-50-46-42-40-38-36-34-32-30-28-26-24-22-20-18-16-14-12-10-8-6-4-2/h3-50H2,1-2H3. The maximum Gasteiger partial charge on any atom is 0.305 e. The lowest BCUT2D eigenvalue weighted by Crippen LogP contribution is -2.08.